The van der Waals surface area contributed by atoms with Crippen molar-refractivity contribution in [3.63, 3.8) is 0 Å². The number of aromatic nitrogens is 3. The summed E-state index contributed by atoms with van der Waals surface area (Å²) in [6, 6.07) is 13.0. The van der Waals surface area contributed by atoms with Crippen LogP contribution in [0.2, 0.25) is 0 Å². The Morgan fingerprint density at radius 3 is 2.59 bits per heavy atom. The minimum Gasteiger partial charge on any atom is -0.508 e. The van der Waals surface area contributed by atoms with Crippen LogP contribution in [0.1, 0.15) is 17.0 Å². The van der Waals surface area contributed by atoms with Gasteiger partial charge in [0.25, 0.3) is 5.95 Å². The number of ether oxygens (including phenoxy) is 1. The Labute approximate surface area is 232 Å². The maximum atomic E-state index is 14.2. The lowest BCUT2D eigenvalue weighted by Gasteiger charge is -2.27. The first kappa shape index (κ1) is 27.9. The second-order valence-electron chi connectivity index (χ2n) is 9.21. The minimum absolute atomic E-state index is 0.0116. The van der Waals surface area contributed by atoms with Crippen LogP contribution in [0.25, 0.3) is 11.1 Å². The Kier molecular flexibility index (Phi) is 8.06. The minimum atomic E-state index is -4.61. The number of phenolic OH excluding ortho intramolecular Hbond substituents is 1. The number of hydrogen-bond donors (Lipinski definition) is 2. The van der Waals surface area contributed by atoms with Crippen LogP contribution in [0.4, 0.5) is 40.7 Å². The van der Waals surface area contributed by atoms with Gasteiger partial charge in [-0.25, -0.2) is 9.37 Å². The van der Waals surface area contributed by atoms with Gasteiger partial charge in [0, 0.05) is 18.8 Å². The van der Waals surface area contributed by atoms with Crippen LogP contribution >= 0.6 is 0 Å². The number of morpholine rings is 1. The lowest BCUT2D eigenvalue weighted by atomic mass is 9.98. The normalized spacial score (nSPS) is 14.0. The summed E-state index contributed by atoms with van der Waals surface area (Å²) in [6.45, 7) is 3.77. The van der Waals surface area contributed by atoms with E-state index < -0.39 is 17.6 Å². The fraction of sp³-hybridized carbons (Fsp3) is 0.250. The molecule has 5 rings (SSSR count). The number of alkyl halides is 3. The molecule has 0 unspecified atom stereocenters. The third kappa shape index (κ3) is 6.74. The van der Waals surface area contributed by atoms with Crippen LogP contribution in [0.15, 0.2) is 71.0 Å². The average molecular weight is 568 g/mol. The van der Waals surface area contributed by atoms with Gasteiger partial charge >= 0.3 is 6.18 Å². The summed E-state index contributed by atoms with van der Waals surface area (Å²) in [5.74, 6) is -0.521. The predicted octanol–water partition coefficient (Wildman–Crippen LogP) is 6.57. The Balaban J connectivity index is 1.29. The van der Waals surface area contributed by atoms with E-state index >= 15 is 0 Å². The van der Waals surface area contributed by atoms with Crippen LogP contribution in [0.3, 0.4) is 0 Å². The molecule has 0 bridgehead atoms. The van der Waals surface area contributed by atoms with Crippen LogP contribution in [-0.2, 0) is 17.5 Å². The number of phenols is 1. The number of aryl methyl sites for hydroxylation is 1. The van der Waals surface area contributed by atoms with Gasteiger partial charge in [-0.1, -0.05) is 18.2 Å². The number of hydrogen-bond acceptors (Lipinski definition) is 9. The average Bonchev–Trinajstić information content (AvgIpc) is 2.95. The molecule has 0 spiro atoms. The van der Waals surface area contributed by atoms with E-state index in [9.17, 15) is 22.7 Å². The first-order chi connectivity index (χ1) is 19.7. The zero-order valence-electron chi connectivity index (χ0n) is 21.9. The summed E-state index contributed by atoms with van der Waals surface area (Å²) < 4.78 is 61.2. The number of anilines is 3. The summed E-state index contributed by atoms with van der Waals surface area (Å²) in [5.41, 5.74) is 1.21. The van der Waals surface area contributed by atoms with Gasteiger partial charge in [0.2, 0.25) is 0 Å². The van der Waals surface area contributed by atoms with E-state index in [1.165, 1.54) is 36.4 Å². The topological polar surface area (TPSA) is 108 Å². The number of halogens is 4. The van der Waals surface area contributed by atoms with Gasteiger partial charge in [-0.05, 0) is 54.4 Å². The smallest absolute Gasteiger partial charge is 0.417 e. The van der Waals surface area contributed by atoms with E-state index in [0.717, 1.165) is 12.3 Å². The van der Waals surface area contributed by atoms with Gasteiger partial charge in [0.15, 0.2) is 11.6 Å². The zero-order valence-corrected chi connectivity index (χ0v) is 21.9. The van der Waals surface area contributed by atoms with Crippen molar-refractivity contribution in [3.8, 4) is 16.9 Å². The molecule has 0 amide bonds. The Hall–Kier alpha value is -4.65. The highest BCUT2D eigenvalue weighted by Gasteiger charge is 2.34. The molecule has 212 valence electrons. The standard InChI is InChI=1S/C28H25F4N7O2/c1-17-25(36-19-5-7-22(23(14-19)28(30,31)32)18-3-2-4-21(40)13-18)8-6-20(35-17)15-34-38-27-33-16-24(29)26(37-27)39-9-11-41-12-10-39/h2-8,13-14,16,36,40H,9-12,15H2,1H3. The first-order valence-corrected chi connectivity index (χ1v) is 12.6. The second kappa shape index (κ2) is 11.8. The molecule has 0 atom stereocenters. The molecule has 1 fully saturated rings. The molecular formula is C28H25F4N7O2. The van der Waals surface area contributed by atoms with E-state index in [1.807, 2.05) is 0 Å². The zero-order chi connectivity index (χ0) is 29.0. The summed E-state index contributed by atoms with van der Waals surface area (Å²) in [7, 11) is 0. The number of rotatable bonds is 7. The van der Waals surface area contributed by atoms with Gasteiger partial charge in [0.05, 0.1) is 42.0 Å². The van der Waals surface area contributed by atoms with Crippen molar-refractivity contribution < 1.29 is 27.4 Å². The molecule has 41 heavy (non-hydrogen) atoms. The fourth-order valence-corrected chi connectivity index (χ4v) is 4.34. The first-order valence-electron chi connectivity index (χ1n) is 12.6. The molecule has 1 aliphatic rings. The molecule has 3 heterocycles. The number of aromatic hydroxyl groups is 1. The van der Waals surface area contributed by atoms with Gasteiger partial charge in [-0.15, -0.1) is 5.11 Å². The maximum absolute atomic E-state index is 14.2. The van der Waals surface area contributed by atoms with Crippen molar-refractivity contribution in [2.75, 3.05) is 36.5 Å². The molecule has 2 aromatic carbocycles. The summed E-state index contributed by atoms with van der Waals surface area (Å²) in [6.07, 6.45) is -3.56. The van der Waals surface area contributed by atoms with Crippen molar-refractivity contribution >= 4 is 23.1 Å². The maximum Gasteiger partial charge on any atom is 0.417 e. The highest BCUT2D eigenvalue weighted by atomic mass is 19.4. The molecular weight excluding hydrogens is 542 g/mol. The highest BCUT2D eigenvalue weighted by Crippen LogP contribution is 2.40. The molecule has 1 aliphatic heterocycles. The molecule has 9 nitrogen and oxygen atoms in total. The SMILES string of the molecule is Cc1nc(CN=Nc2ncc(F)c(N3CCOCC3)n2)ccc1Nc1ccc(-c2cccc(O)c2)c(C(F)(F)F)c1. The lowest BCUT2D eigenvalue weighted by molar-refractivity contribution is -0.137. The number of nitrogens with zero attached hydrogens (tertiary/aromatic N) is 6. The van der Waals surface area contributed by atoms with Crippen LogP contribution < -0.4 is 10.2 Å². The molecule has 4 aromatic rings. The quantitative estimate of drug-likeness (QED) is 0.192. The van der Waals surface area contributed by atoms with E-state index in [1.54, 1.807) is 24.0 Å². The molecule has 13 heteroatoms. The Bertz CT molecular complexity index is 1570. The molecule has 0 saturated carbocycles. The molecule has 0 radical (unpaired) electrons. The number of benzene rings is 2. The Morgan fingerprint density at radius 2 is 1.85 bits per heavy atom. The predicted molar refractivity (Wildman–Crippen MR) is 144 cm³/mol. The molecule has 2 N–H and O–H groups in total. The van der Waals surface area contributed by atoms with Gasteiger partial charge in [0.1, 0.15) is 12.3 Å². The second-order valence-corrected chi connectivity index (χ2v) is 9.21. The highest BCUT2D eigenvalue weighted by molar-refractivity contribution is 5.74. The summed E-state index contributed by atoms with van der Waals surface area (Å²) in [4.78, 5) is 14.3. The Morgan fingerprint density at radius 1 is 1.05 bits per heavy atom. The van der Waals surface area contributed by atoms with Crippen LogP contribution in [-0.4, -0.2) is 46.4 Å². The van der Waals surface area contributed by atoms with Crippen molar-refractivity contribution in [1.29, 1.82) is 0 Å². The van der Waals surface area contributed by atoms with Crippen molar-refractivity contribution in [2.24, 2.45) is 10.2 Å². The number of pyridine rings is 1. The molecule has 0 aliphatic carbocycles. The van der Waals surface area contributed by atoms with Crippen molar-refractivity contribution in [2.45, 2.75) is 19.6 Å². The van der Waals surface area contributed by atoms with Gasteiger partial charge < -0.3 is 20.1 Å². The van der Waals surface area contributed by atoms with E-state index in [2.05, 4.69) is 30.5 Å². The van der Waals surface area contributed by atoms with Crippen molar-refractivity contribution in [1.82, 2.24) is 15.0 Å². The van der Waals surface area contributed by atoms with Crippen molar-refractivity contribution in [3.05, 3.63) is 83.6 Å². The lowest BCUT2D eigenvalue weighted by Crippen LogP contribution is -2.37. The van der Waals surface area contributed by atoms with Crippen LogP contribution in [0.5, 0.6) is 5.75 Å². The van der Waals surface area contributed by atoms with E-state index in [4.69, 9.17) is 4.74 Å². The van der Waals surface area contributed by atoms with Gasteiger partial charge in [-0.3, -0.25) is 4.98 Å². The monoisotopic (exact) mass is 567 g/mol. The van der Waals surface area contributed by atoms with Gasteiger partial charge in [-0.2, -0.15) is 23.3 Å². The molecule has 2 aromatic heterocycles. The number of azo groups is 1. The summed E-state index contributed by atoms with van der Waals surface area (Å²) in [5, 5.41) is 20.8. The molecule has 1 saturated heterocycles. The van der Waals surface area contributed by atoms with E-state index in [-0.39, 0.29) is 40.9 Å². The van der Waals surface area contributed by atoms with Crippen LogP contribution in [0, 0.1) is 12.7 Å². The fourth-order valence-electron chi connectivity index (χ4n) is 4.34. The summed E-state index contributed by atoms with van der Waals surface area (Å²) >= 11 is 0. The number of nitrogens with one attached hydrogen (secondary N) is 1. The third-order valence-corrected chi connectivity index (χ3v) is 6.32. The van der Waals surface area contributed by atoms with E-state index in [0.29, 0.717) is 43.4 Å². The third-order valence-electron chi connectivity index (χ3n) is 6.32. The largest absolute Gasteiger partial charge is 0.508 e.